The molecule has 0 aromatic heterocycles. The Balaban J connectivity index is 1.55. The summed E-state index contributed by atoms with van der Waals surface area (Å²) >= 11 is 5.47. The maximum atomic E-state index is 5.47. The van der Waals surface area contributed by atoms with Gasteiger partial charge in [-0.3, -0.25) is 0 Å². The molecule has 0 heterocycles. The Morgan fingerprint density at radius 1 is 0.692 bits per heavy atom. The van der Waals surface area contributed by atoms with Gasteiger partial charge in [0.15, 0.2) is 5.11 Å². The van der Waals surface area contributed by atoms with Crippen molar-refractivity contribution in [3.8, 4) is 0 Å². The van der Waals surface area contributed by atoms with E-state index in [9.17, 15) is 0 Å². The van der Waals surface area contributed by atoms with Crippen molar-refractivity contribution < 1.29 is 0 Å². The Kier molecular flexibility index (Phi) is 6.80. The van der Waals surface area contributed by atoms with Gasteiger partial charge in [-0.15, -0.1) is 0 Å². The van der Waals surface area contributed by atoms with Gasteiger partial charge in [0.25, 0.3) is 0 Å². The molecule has 3 aromatic carbocycles. The topological polar surface area (TPSA) is 24.1 Å². The molecular formula is C23H24N2S. The number of hydrogen-bond acceptors (Lipinski definition) is 1. The molecule has 3 aromatic rings. The maximum Gasteiger partial charge on any atom is 0.166 e. The second-order valence-corrected chi connectivity index (χ2v) is 6.65. The molecule has 0 radical (unpaired) electrons. The molecule has 0 unspecified atom stereocenters. The minimum absolute atomic E-state index is 0.270. The molecule has 0 atom stereocenters. The van der Waals surface area contributed by atoms with Crippen LogP contribution in [0.1, 0.15) is 22.6 Å². The SMILES string of the molecule is S=C(NCCc1ccccc1)NCC(c1ccccc1)c1ccccc1. The first kappa shape index (κ1) is 18.2. The Morgan fingerprint density at radius 3 is 1.73 bits per heavy atom. The largest absolute Gasteiger partial charge is 0.362 e. The van der Waals surface area contributed by atoms with Crippen LogP contribution in [-0.2, 0) is 6.42 Å². The van der Waals surface area contributed by atoms with Crippen LogP contribution in [0.25, 0.3) is 0 Å². The van der Waals surface area contributed by atoms with E-state index in [2.05, 4.69) is 95.6 Å². The Morgan fingerprint density at radius 2 is 1.19 bits per heavy atom. The average Bonchev–Trinajstić information content (AvgIpc) is 2.71. The standard InChI is InChI=1S/C23H24N2S/c26-23(24-17-16-19-10-4-1-5-11-19)25-18-22(20-12-6-2-7-13-20)21-14-8-3-9-15-21/h1-15,22H,16-18H2,(H2,24,25,26). The summed E-state index contributed by atoms with van der Waals surface area (Å²) in [6.07, 6.45) is 0.962. The van der Waals surface area contributed by atoms with E-state index in [-0.39, 0.29) is 5.92 Å². The van der Waals surface area contributed by atoms with Gasteiger partial charge in [-0.25, -0.2) is 0 Å². The summed E-state index contributed by atoms with van der Waals surface area (Å²) in [7, 11) is 0. The molecule has 0 amide bonds. The molecule has 0 spiro atoms. The van der Waals surface area contributed by atoms with Crippen molar-refractivity contribution in [2.24, 2.45) is 0 Å². The fraction of sp³-hybridized carbons (Fsp3) is 0.174. The van der Waals surface area contributed by atoms with Gasteiger partial charge >= 0.3 is 0 Å². The predicted molar refractivity (Wildman–Crippen MR) is 113 cm³/mol. The van der Waals surface area contributed by atoms with Crippen molar-refractivity contribution in [3.63, 3.8) is 0 Å². The lowest BCUT2D eigenvalue weighted by molar-refractivity contribution is 0.737. The first-order valence-electron chi connectivity index (χ1n) is 8.98. The van der Waals surface area contributed by atoms with Gasteiger partial charge in [0, 0.05) is 19.0 Å². The lowest BCUT2D eigenvalue weighted by Crippen LogP contribution is -2.38. The summed E-state index contributed by atoms with van der Waals surface area (Å²) in [6.45, 7) is 1.60. The zero-order chi connectivity index (χ0) is 18.0. The summed E-state index contributed by atoms with van der Waals surface area (Å²) in [5.41, 5.74) is 3.89. The zero-order valence-corrected chi connectivity index (χ0v) is 15.6. The average molecular weight is 361 g/mol. The van der Waals surface area contributed by atoms with Crippen LogP contribution in [0.5, 0.6) is 0 Å². The van der Waals surface area contributed by atoms with Crippen molar-refractivity contribution in [1.82, 2.24) is 10.6 Å². The number of benzene rings is 3. The van der Waals surface area contributed by atoms with E-state index in [1.54, 1.807) is 0 Å². The number of hydrogen-bond donors (Lipinski definition) is 2. The highest BCUT2D eigenvalue weighted by atomic mass is 32.1. The van der Waals surface area contributed by atoms with Crippen LogP contribution in [0.15, 0.2) is 91.0 Å². The minimum Gasteiger partial charge on any atom is -0.362 e. The van der Waals surface area contributed by atoms with Crippen LogP contribution >= 0.6 is 12.2 Å². The molecular weight excluding hydrogens is 336 g/mol. The van der Waals surface area contributed by atoms with E-state index >= 15 is 0 Å². The molecule has 2 nitrogen and oxygen atoms in total. The van der Waals surface area contributed by atoms with Crippen molar-refractivity contribution in [2.45, 2.75) is 12.3 Å². The van der Waals surface area contributed by atoms with Gasteiger partial charge in [0.2, 0.25) is 0 Å². The van der Waals surface area contributed by atoms with Crippen LogP contribution in [-0.4, -0.2) is 18.2 Å². The highest BCUT2D eigenvalue weighted by Gasteiger charge is 2.14. The van der Waals surface area contributed by atoms with Crippen LogP contribution in [0.4, 0.5) is 0 Å². The fourth-order valence-electron chi connectivity index (χ4n) is 3.02. The molecule has 0 bridgehead atoms. The predicted octanol–water partition coefficient (Wildman–Crippen LogP) is 4.53. The summed E-state index contributed by atoms with van der Waals surface area (Å²) in [6, 6.07) is 31.6. The molecule has 0 fully saturated rings. The second-order valence-electron chi connectivity index (χ2n) is 6.25. The molecule has 132 valence electrons. The molecule has 0 aliphatic heterocycles. The Bertz CT molecular complexity index is 749. The van der Waals surface area contributed by atoms with Gasteiger partial charge < -0.3 is 10.6 Å². The van der Waals surface area contributed by atoms with Gasteiger partial charge in [0.05, 0.1) is 0 Å². The minimum atomic E-state index is 0.270. The van der Waals surface area contributed by atoms with Crippen molar-refractivity contribution in [3.05, 3.63) is 108 Å². The third kappa shape index (κ3) is 5.43. The normalized spacial score (nSPS) is 10.5. The molecule has 0 aliphatic carbocycles. The highest BCUT2D eigenvalue weighted by molar-refractivity contribution is 7.80. The molecule has 26 heavy (non-hydrogen) atoms. The second kappa shape index (κ2) is 9.73. The number of nitrogens with one attached hydrogen (secondary N) is 2. The summed E-state index contributed by atoms with van der Waals surface area (Å²) in [5, 5.41) is 7.40. The van der Waals surface area contributed by atoms with Crippen molar-refractivity contribution in [1.29, 1.82) is 0 Å². The van der Waals surface area contributed by atoms with Crippen LogP contribution in [0.2, 0.25) is 0 Å². The van der Waals surface area contributed by atoms with Gasteiger partial charge in [-0.1, -0.05) is 91.0 Å². The Labute approximate surface area is 161 Å². The first-order chi connectivity index (χ1) is 12.8. The lowest BCUT2D eigenvalue weighted by atomic mass is 9.91. The van der Waals surface area contributed by atoms with Crippen molar-refractivity contribution >= 4 is 17.3 Å². The van der Waals surface area contributed by atoms with E-state index in [4.69, 9.17) is 12.2 Å². The van der Waals surface area contributed by atoms with Crippen LogP contribution in [0, 0.1) is 0 Å². The van der Waals surface area contributed by atoms with Crippen molar-refractivity contribution in [2.75, 3.05) is 13.1 Å². The van der Waals surface area contributed by atoms with E-state index in [1.807, 2.05) is 6.07 Å². The molecule has 3 heteroatoms. The van der Waals surface area contributed by atoms with E-state index < -0.39 is 0 Å². The highest BCUT2D eigenvalue weighted by Crippen LogP contribution is 2.23. The van der Waals surface area contributed by atoms with E-state index in [0.29, 0.717) is 5.11 Å². The number of thiocarbonyl (C=S) groups is 1. The van der Waals surface area contributed by atoms with Gasteiger partial charge in [-0.2, -0.15) is 0 Å². The summed E-state index contributed by atoms with van der Waals surface area (Å²) in [5.74, 6) is 0.270. The fourth-order valence-corrected chi connectivity index (χ4v) is 3.21. The smallest absolute Gasteiger partial charge is 0.166 e. The van der Waals surface area contributed by atoms with Gasteiger partial charge in [0.1, 0.15) is 0 Å². The van der Waals surface area contributed by atoms with Gasteiger partial charge in [-0.05, 0) is 35.3 Å². The quantitative estimate of drug-likeness (QED) is 0.606. The monoisotopic (exact) mass is 360 g/mol. The molecule has 2 N–H and O–H groups in total. The third-order valence-corrected chi connectivity index (χ3v) is 4.70. The molecule has 3 rings (SSSR count). The van der Waals surface area contributed by atoms with E-state index in [0.717, 1.165) is 19.5 Å². The lowest BCUT2D eigenvalue weighted by Gasteiger charge is -2.20. The Hall–Kier alpha value is -2.65. The first-order valence-corrected chi connectivity index (χ1v) is 9.39. The number of rotatable bonds is 7. The molecule has 0 saturated heterocycles. The molecule has 0 saturated carbocycles. The van der Waals surface area contributed by atoms with Crippen LogP contribution < -0.4 is 10.6 Å². The summed E-state index contributed by atoms with van der Waals surface area (Å²) in [4.78, 5) is 0. The maximum absolute atomic E-state index is 5.47. The zero-order valence-electron chi connectivity index (χ0n) is 14.8. The molecule has 0 aliphatic rings. The summed E-state index contributed by atoms with van der Waals surface area (Å²) < 4.78 is 0. The van der Waals surface area contributed by atoms with E-state index in [1.165, 1.54) is 16.7 Å². The van der Waals surface area contributed by atoms with Crippen LogP contribution in [0.3, 0.4) is 0 Å². The third-order valence-electron chi connectivity index (χ3n) is 4.41.